The van der Waals surface area contributed by atoms with E-state index < -0.39 is 21.6 Å². The smallest absolute Gasteiger partial charge is 0.497 e. The monoisotopic (exact) mass is 409 g/mol. The lowest BCUT2D eigenvalue weighted by molar-refractivity contribution is -0.0510. The summed E-state index contributed by atoms with van der Waals surface area (Å²) in [6, 6.07) is 10.1. The molecule has 148 valence electrons. The number of carboxylic acid groups (broad SMARTS) is 1. The van der Waals surface area contributed by atoms with E-state index in [0.29, 0.717) is 11.4 Å². The Bertz CT molecular complexity index is 868. The lowest BCUT2D eigenvalue weighted by Gasteiger charge is -2.08. The largest absolute Gasteiger partial charge is 0.522 e. The van der Waals surface area contributed by atoms with Crippen LogP contribution in [0.15, 0.2) is 42.6 Å². The zero-order valence-electron chi connectivity index (χ0n) is 13.7. The zero-order chi connectivity index (χ0) is 20.7. The van der Waals surface area contributed by atoms with E-state index in [0.717, 1.165) is 5.75 Å². The molecule has 12 heteroatoms. The number of hydrogen-bond acceptors (Lipinski definition) is 6. The van der Waals surface area contributed by atoms with Crippen LogP contribution < -0.4 is 9.47 Å². The minimum absolute atomic E-state index is 0.106. The summed E-state index contributed by atoms with van der Waals surface area (Å²) in [6.07, 6.45) is 1.54. The van der Waals surface area contributed by atoms with Crippen molar-refractivity contribution in [3.8, 4) is 11.5 Å². The minimum atomic E-state index is -5.84. The Labute approximate surface area is 151 Å². The average Bonchev–Trinajstić information content (AvgIpc) is 2.59. The lowest BCUT2D eigenvalue weighted by atomic mass is 10.2. The van der Waals surface area contributed by atoms with E-state index in [1.165, 1.54) is 6.07 Å². The van der Waals surface area contributed by atoms with Crippen LogP contribution in [0.2, 0.25) is 0 Å². The Morgan fingerprint density at radius 3 is 2.11 bits per heavy atom. The number of rotatable bonds is 5. The molecule has 2 aromatic rings. The van der Waals surface area contributed by atoms with Crippen molar-refractivity contribution in [2.45, 2.75) is 12.1 Å². The van der Waals surface area contributed by atoms with Crippen molar-refractivity contribution in [1.82, 2.24) is 4.98 Å². The summed E-state index contributed by atoms with van der Waals surface area (Å²) in [5.41, 5.74) is -4.99. The Morgan fingerprint density at radius 2 is 1.67 bits per heavy atom. The van der Waals surface area contributed by atoms with Crippen LogP contribution in [0, 0.1) is 0 Å². The van der Waals surface area contributed by atoms with Gasteiger partial charge in [0.25, 0.3) is 0 Å². The van der Waals surface area contributed by atoms with Crippen LogP contribution in [0.4, 0.5) is 13.2 Å². The van der Waals surface area contributed by atoms with Gasteiger partial charge in [-0.2, -0.15) is 21.6 Å². The van der Waals surface area contributed by atoms with Gasteiger partial charge in [-0.05, 0) is 36.4 Å². The number of nitrogens with zero attached hydrogens (tertiary/aromatic N) is 1. The Morgan fingerprint density at radius 1 is 1.15 bits per heavy atom. The topological polar surface area (TPSA) is 123 Å². The second-order valence-electron chi connectivity index (χ2n) is 4.69. The van der Waals surface area contributed by atoms with Crippen LogP contribution in [0.1, 0.15) is 16.1 Å². The highest BCUT2D eigenvalue weighted by atomic mass is 32.2. The summed E-state index contributed by atoms with van der Waals surface area (Å²) in [5.74, 6) is 0.348. The van der Waals surface area contributed by atoms with E-state index in [2.05, 4.69) is 4.98 Å². The van der Waals surface area contributed by atoms with Crippen molar-refractivity contribution >= 4 is 16.1 Å². The number of alkyl halides is 3. The highest BCUT2D eigenvalue weighted by molar-refractivity contribution is 7.86. The summed E-state index contributed by atoms with van der Waals surface area (Å²) in [5, 5.41) is 9.02. The Kier molecular flexibility index (Phi) is 7.55. The fourth-order valence-electron chi connectivity index (χ4n) is 1.57. The molecule has 1 heterocycles. The first-order chi connectivity index (χ1) is 12.5. The van der Waals surface area contributed by atoms with Crippen molar-refractivity contribution in [3.05, 3.63) is 53.9 Å². The molecule has 0 aliphatic rings. The number of hydrogen-bond donors (Lipinski definition) is 2. The fourth-order valence-corrected chi connectivity index (χ4v) is 1.57. The predicted molar refractivity (Wildman–Crippen MR) is 86.1 cm³/mol. The molecule has 0 unspecified atom stereocenters. The average molecular weight is 409 g/mol. The van der Waals surface area contributed by atoms with E-state index in [1.54, 1.807) is 43.6 Å². The maximum absolute atomic E-state index is 11.0. The predicted octanol–water partition coefficient (Wildman–Crippen LogP) is 2.76. The molecule has 0 radical (unpaired) electrons. The summed E-state index contributed by atoms with van der Waals surface area (Å²) in [4.78, 5) is 15.0. The molecule has 1 aromatic carbocycles. The van der Waals surface area contributed by atoms with Gasteiger partial charge in [-0.1, -0.05) is 0 Å². The van der Waals surface area contributed by atoms with Crippen LogP contribution >= 0.6 is 0 Å². The highest BCUT2D eigenvalue weighted by Gasteiger charge is 2.44. The Balaban J connectivity index is 0.000000387. The fraction of sp³-hybridized carbons (Fsp3) is 0.200. The third-order valence-electron chi connectivity index (χ3n) is 2.85. The number of aromatic nitrogens is 1. The number of benzene rings is 1. The SMILES string of the molecule is COc1ccc(OCc2ncccc2C(=O)O)cc1.O=S(=O)(O)C(F)(F)F. The van der Waals surface area contributed by atoms with E-state index in [1.807, 2.05) is 0 Å². The molecule has 27 heavy (non-hydrogen) atoms. The molecule has 0 bridgehead atoms. The van der Waals surface area contributed by atoms with Crippen LogP contribution in [-0.4, -0.2) is 41.6 Å². The molecule has 0 spiro atoms. The molecule has 0 saturated carbocycles. The molecule has 2 rings (SSSR count). The molecule has 0 amide bonds. The van der Waals surface area contributed by atoms with Crippen molar-refractivity contribution in [3.63, 3.8) is 0 Å². The van der Waals surface area contributed by atoms with Gasteiger partial charge >= 0.3 is 21.6 Å². The van der Waals surface area contributed by atoms with E-state index in [4.69, 9.17) is 27.6 Å². The third kappa shape index (κ3) is 7.11. The number of methoxy groups -OCH3 is 1. The van der Waals surface area contributed by atoms with Crippen LogP contribution in [0.5, 0.6) is 11.5 Å². The molecule has 0 atom stereocenters. The minimum Gasteiger partial charge on any atom is -0.497 e. The molecule has 2 N–H and O–H groups in total. The van der Waals surface area contributed by atoms with E-state index in [-0.39, 0.29) is 12.2 Å². The van der Waals surface area contributed by atoms with Crippen molar-refractivity contribution in [2.75, 3.05) is 7.11 Å². The number of carboxylic acids is 1. The summed E-state index contributed by atoms with van der Waals surface area (Å²) < 4.78 is 68.1. The number of halogens is 3. The van der Waals surface area contributed by atoms with E-state index in [9.17, 15) is 18.0 Å². The first-order valence-corrected chi connectivity index (χ1v) is 8.37. The van der Waals surface area contributed by atoms with Gasteiger partial charge in [0.05, 0.1) is 18.4 Å². The van der Waals surface area contributed by atoms with Crippen LogP contribution in [0.25, 0.3) is 0 Å². The Hall–Kier alpha value is -2.86. The van der Waals surface area contributed by atoms with Gasteiger partial charge in [0.1, 0.15) is 18.1 Å². The normalized spacial score (nSPS) is 11.1. The maximum Gasteiger partial charge on any atom is 0.522 e. The second-order valence-corrected chi connectivity index (χ2v) is 6.10. The standard InChI is InChI=1S/C14H13NO4.CHF3O3S/c1-18-10-4-6-11(7-5-10)19-9-13-12(14(16)17)3-2-8-15-13;2-1(3,4)8(5,6)7/h2-8H,9H2,1H3,(H,16,17);(H,5,6,7). The molecular weight excluding hydrogens is 395 g/mol. The summed E-state index contributed by atoms with van der Waals surface area (Å²) >= 11 is 0. The zero-order valence-corrected chi connectivity index (χ0v) is 14.5. The number of pyridine rings is 1. The van der Waals surface area contributed by atoms with Gasteiger partial charge in [0, 0.05) is 6.20 Å². The highest BCUT2D eigenvalue weighted by Crippen LogP contribution is 2.20. The number of aromatic carboxylic acids is 1. The number of carbonyl (C=O) groups is 1. The third-order valence-corrected chi connectivity index (χ3v) is 3.43. The van der Waals surface area contributed by atoms with Crippen molar-refractivity contribution < 1.29 is 45.5 Å². The first-order valence-electron chi connectivity index (χ1n) is 6.93. The van der Waals surface area contributed by atoms with Gasteiger partial charge in [-0.15, -0.1) is 0 Å². The van der Waals surface area contributed by atoms with Gasteiger partial charge in [-0.3, -0.25) is 9.54 Å². The second kappa shape index (κ2) is 9.19. The molecule has 8 nitrogen and oxygen atoms in total. The van der Waals surface area contributed by atoms with Gasteiger partial charge in [0.15, 0.2) is 0 Å². The van der Waals surface area contributed by atoms with Gasteiger partial charge in [0.2, 0.25) is 0 Å². The molecule has 0 aliphatic heterocycles. The molecule has 0 saturated heterocycles. The van der Waals surface area contributed by atoms with Crippen molar-refractivity contribution in [1.29, 1.82) is 0 Å². The van der Waals surface area contributed by atoms with Crippen molar-refractivity contribution in [2.24, 2.45) is 0 Å². The van der Waals surface area contributed by atoms with Gasteiger partial charge < -0.3 is 14.6 Å². The van der Waals surface area contributed by atoms with Gasteiger partial charge in [-0.25, -0.2) is 4.79 Å². The lowest BCUT2D eigenvalue weighted by Crippen LogP contribution is -2.21. The molecule has 0 aliphatic carbocycles. The molecule has 1 aromatic heterocycles. The quantitative estimate of drug-likeness (QED) is 0.571. The molecule has 0 fully saturated rings. The van der Waals surface area contributed by atoms with Crippen LogP contribution in [-0.2, 0) is 16.7 Å². The molecular formula is C15H14F3NO7S. The van der Waals surface area contributed by atoms with E-state index >= 15 is 0 Å². The summed E-state index contributed by atoms with van der Waals surface area (Å²) in [6.45, 7) is 0.106. The number of ether oxygens (including phenoxy) is 2. The maximum atomic E-state index is 11.0. The summed E-state index contributed by atoms with van der Waals surface area (Å²) in [7, 11) is -4.25. The first kappa shape index (κ1) is 22.2. The van der Waals surface area contributed by atoms with Crippen LogP contribution in [0.3, 0.4) is 0 Å².